The Morgan fingerprint density at radius 2 is 1.77 bits per heavy atom. The molecule has 0 heterocycles. The first kappa shape index (κ1) is 18.4. The number of carbonyl (C=O) groups excluding carboxylic acids is 1. The van der Waals surface area contributed by atoms with E-state index in [-0.39, 0.29) is 11.7 Å². The summed E-state index contributed by atoms with van der Waals surface area (Å²) in [4.78, 5) is 12.0. The van der Waals surface area contributed by atoms with E-state index in [0.29, 0.717) is 31.9 Å². The summed E-state index contributed by atoms with van der Waals surface area (Å²) < 4.78 is 19.1. The third kappa shape index (κ3) is 5.87. The van der Waals surface area contributed by atoms with E-state index in [1.807, 2.05) is 30.3 Å². The van der Waals surface area contributed by atoms with Crippen LogP contribution >= 0.6 is 0 Å². The number of halogens is 1. The number of hydrogen-bond acceptors (Lipinski definition) is 2. The molecule has 0 unspecified atom stereocenters. The van der Waals surface area contributed by atoms with Crippen molar-refractivity contribution in [2.24, 2.45) is 0 Å². The van der Waals surface area contributed by atoms with Gasteiger partial charge in [0, 0.05) is 13.0 Å². The van der Waals surface area contributed by atoms with Gasteiger partial charge in [0.2, 0.25) is 5.91 Å². The number of amides is 1. The molecule has 0 radical (unpaired) electrons. The van der Waals surface area contributed by atoms with Crippen molar-refractivity contribution in [3.05, 3.63) is 65.5 Å². The summed E-state index contributed by atoms with van der Waals surface area (Å²) in [5.74, 6) is 0.679. The van der Waals surface area contributed by atoms with Gasteiger partial charge in [0.05, 0.1) is 6.10 Å². The van der Waals surface area contributed by atoms with E-state index in [9.17, 15) is 9.18 Å². The van der Waals surface area contributed by atoms with Gasteiger partial charge in [0.15, 0.2) is 0 Å². The topological polar surface area (TPSA) is 38.3 Å². The van der Waals surface area contributed by atoms with Gasteiger partial charge >= 0.3 is 0 Å². The van der Waals surface area contributed by atoms with Crippen molar-refractivity contribution >= 4 is 5.91 Å². The Bertz CT molecular complexity index is 726. The lowest BCUT2D eigenvalue weighted by atomic mass is 10.1. The molecule has 1 N–H and O–H groups in total. The molecule has 1 fully saturated rings. The summed E-state index contributed by atoms with van der Waals surface area (Å²) in [7, 11) is 0. The van der Waals surface area contributed by atoms with E-state index in [4.69, 9.17) is 4.74 Å². The minimum Gasteiger partial charge on any atom is -0.490 e. The van der Waals surface area contributed by atoms with Crippen molar-refractivity contribution in [3.63, 3.8) is 0 Å². The van der Waals surface area contributed by atoms with E-state index in [1.165, 1.54) is 25.0 Å². The number of carbonyl (C=O) groups is 1. The summed E-state index contributed by atoms with van der Waals surface area (Å²) in [6, 6.07) is 14.5. The zero-order valence-corrected chi connectivity index (χ0v) is 15.0. The maximum absolute atomic E-state index is 13.1. The van der Waals surface area contributed by atoms with Gasteiger partial charge in [-0.25, -0.2) is 4.39 Å². The van der Waals surface area contributed by atoms with Crippen LogP contribution in [0.15, 0.2) is 48.5 Å². The van der Waals surface area contributed by atoms with Crippen LogP contribution in [0.1, 0.15) is 43.2 Å². The summed E-state index contributed by atoms with van der Waals surface area (Å²) in [5.41, 5.74) is 2.00. The number of ether oxygens (including phenoxy) is 1. The second-order valence-corrected chi connectivity index (χ2v) is 6.90. The first-order valence-electron chi connectivity index (χ1n) is 9.46. The van der Waals surface area contributed by atoms with E-state index in [1.54, 1.807) is 6.07 Å². The van der Waals surface area contributed by atoms with Gasteiger partial charge in [-0.2, -0.15) is 0 Å². The second kappa shape index (κ2) is 9.37. The molecule has 0 bridgehead atoms. The van der Waals surface area contributed by atoms with Gasteiger partial charge in [0.25, 0.3) is 0 Å². The van der Waals surface area contributed by atoms with Crippen LogP contribution < -0.4 is 10.1 Å². The van der Waals surface area contributed by atoms with E-state index < -0.39 is 0 Å². The van der Waals surface area contributed by atoms with Crippen LogP contribution in [0.5, 0.6) is 5.75 Å². The standard InChI is InChI=1S/C22H26FNO2/c23-19-7-3-5-18(15-19)13-14-24-22(25)12-11-17-6-4-10-21(16-17)26-20-8-1-2-9-20/h3-7,10,15-16,20H,1-2,8-9,11-14H2,(H,24,25). The van der Waals surface area contributed by atoms with E-state index in [0.717, 1.165) is 29.7 Å². The fraction of sp³-hybridized carbons (Fsp3) is 0.409. The zero-order chi connectivity index (χ0) is 18.2. The molecule has 3 rings (SSSR count). The van der Waals surface area contributed by atoms with Gasteiger partial charge in [-0.3, -0.25) is 4.79 Å². The number of aryl methyl sites for hydroxylation is 1. The quantitative estimate of drug-likeness (QED) is 0.760. The number of hydrogen-bond donors (Lipinski definition) is 1. The molecular formula is C22H26FNO2. The predicted octanol–water partition coefficient (Wildman–Crippen LogP) is 4.44. The molecule has 26 heavy (non-hydrogen) atoms. The lowest BCUT2D eigenvalue weighted by Gasteiger charge is -2.13. The lowest BCUT2D eigenvalue weighted by molar-refractivity contribution is -0.121. The highest BCUT2D eigenvalue weighted by molar-refractivity contribution is 5.76. The molecule has 2 aromatic carbocycles. The molecule has 1 aliphatic carbocycles. The SMILES string of the molecule is O=C(CCc1cccc(OC2CCCC2)c1)NCCc1cccc(F)c1. The number of nitrogens with one attached hydrogen (secondary N) is 1. The Labute approximate surface area is 154 Å². The molecule has 3 nitrogen and oxygen atoms in total. The molecule has 1 amide bonds. The van der Waals surface area contributed by atoms with Gasteiger partial charge in [-0.05, 0) is 73.9 Å². The third-order valence-corrected chi connectivity index (χ3v) is 4.77. The van der Waals surface area contributed by atoms with Crippen LogP contribution in [0.4, 0.5) is 4.39 Å². The molecule has 2 aromatic rings. The summed E-state index contributed by atoms with van der Waals surface area (Å²) in [6.45, 7) is 0.521. The Morgan fingerprint density at radius 1 is 1.04 bits per heavy atom. The zero-order valence-electron chi connectivity index (χ0n) is 15.0. The molecule has 0 atom stereocenters. The molecule has 0 spiro atoms. The summed E-state index contributed by atoms with van der Waals surface area (Å²) >= 11 is 0. The van der Waals surface area contributed by atoms with Crippen LogP contribution in [0.2, 0.25) is 0 Å². The Kier molecular flexibility index (Phi) is 6.64. The molecular weight excluding hydrogens is 329 g/mol. The van der Waals surface area contributed by atoms with Gasteiger partial charge in [-0.15, -0.1) is 0 Å². The van der Waals surface area contributed by atoms with Crippen LogP contribution in [0, 0.1) is 5.82 Å². The van der Waals surface area contributed by atoms with Crippen molar-refractivity contribution < 1.29 is 13.9 Å². The minimum atomic E-state index is -0.242. The van der Waals surface area contributed by atoms with Crippen LogP contribution in [0.25, 0.3) is 0 Å². The molecule has 138 valence electrons. The smallest absolute Gasteiger partial charge is 0.220 e. The largest absolute Gasteiger partial charge is 0.490 e. The Hall–Kier alpha value is -2.36. The normalized spacial score (nSPS) is 14.3. The van der Waals surface area contributed by atoms with Gasteiger partial charge < -0.3 is 10.1 Å². The second-order valence-electron chi connectivity index (χ2n) is 6.90. The fourth-order valence-corrected chi connectivity index (χ4v) is 3.36. The van der Waals surface area contributed by atoms with Crippen LogP contribution in [-0.4, -0.2) is 18.6 Å². The van der Waals surface area contributed by atoms with Gasteiger partial charge in [-0.1, -0.05) is 24.3 Å². The Balaban J connectivity index is 1.39. The summed E-state index contributed by atoms with van der Waals surface area (Å²) in [6.07, 6.45) is 6.88. The number of rotatable bonds is 8. The van der Waals surface area contributed by atoms with Crippen molar-refractivity contribution in [2.45, 2.75) is 51.0 Å². The first-order chi connectivity index (χ1) is 12.7. The molecule has 0 saturated heterocycles. The first-order valence-corrected chi connectivity index (χ1v) is 9.46. The van der Waals surface area contributed by atoms with Gasteiger partial charge in [0.1, 0.15) is 11.6 Å². The molecule has 4 heteroatoms. The average Bonchev–Trinajstić information content (AvgIpc) is 3.13. The molecule has 1 saturated carbocycles. The maximum atomic E-state index is 13.1. The Morgan fingerprint density at radius 3 is 2.54 bits per heavy atom. The molecule has 1 aliphatic rings. The molecule has 0 aliphatic heterocycles. The molecule has 0 aromatic heterocycles. The van der Waals surface area contributed by atoms with Crippen LogP contribution in [0.3, 0.4) is 0 Å². The highest BCUT2D eigenvalue weighted by Crippen LogP contribution is 2.24. The van der Waals surface area contributed by atoms with Crippen molar-refractivity contribution in [1.29, 1.82) is 0 Å². The highest BCUT2D eigenvalue weighted by Gasteiger charge is 2.16. The van der Waals surface area contributed by atoms with Crippen molar-refractivity contribution in [1.82, 2.24) is 5.32 Å². The maximum Gasteiger partial charge on any atom is 0.220 e. The van der Waals surface area contributed by atoms with Crippen molar-refractivity contribution in [3.8, 4) is 5.75 Å². The number of benzene rings is 2. The average molecular weight is 355 g/mol. The predicted molar refractivity (Wildman–Crippen MR) is 101 cm³/mol. The lowest BCUT2D eigenvalue weighted by Crippen LogP contribution is -2.25. The van der Waals surface area contributed by atoms with E-state index in [2.05, 4.69) is 5.32 Å². The monoisotopic (exact) mass is 355 g/mol. The minimum absolute atomic E-state index is 0.0171. The van der Waals surface area contributed by atoms with E-state index >= 15 is 0 Å². The summed E-state index contributed by atoms with van der Waals surface area (Å²) in [5, 5.41) is 2.90. The van der Waals surface area contributed by atoms with Crippen LogP contribution in [-0.2, 0) is 17.6 Å². The van der Waals surface area contributed by atoms with Crippen molar-refractivity contribution in [2.75, 3.05) is 6.54 Å². The fourth-order valence-electron chi connectivity index (χ4n) is 3.36. The third-order valence-electron chi connectivity index (χ3n) is 4.77. The highest BCUT2D eigenvalue weighted by atomic mass is 19.1.